The molecule has 1 heterocycles. The van der Waals surface area contributed by atoms with E-state index < -0.39 is 10.0 Å². The zero-order chi connectivity index (χ0) is 20.9. The molecule has 9 heteroatoms. The third-order valence-electron chi connectivity index (χ3n) is 4.70. The lowest BCUT2D eigenvalue weighted by Crippen LogP contribution is -2.48. The van der Waals surface area contributed by atoms with Crippen LogP contribution in [0.1, 0.15) is 16.8 Å². The molecule has 2 aromatic carbocycles. The molecule has 0 bridgehead atoms. The third kappa shape index (κ3) is 5.07. The van der Waals surface area contributed by atoms with Gasteiger partial charge in [0.25, 0.3) is 5.91 Å². The highest BCUT2D eigenvalue weighted by Crippen LogP contribution is 2.26. The molecule has 0 unspecified atom stereocenters. The van der Waals surface area contributed by atoms with E-state index >= 15 is 0 Å². The molecular formula is C20H21ClN4O3S. The van der Waals surface area contributed by atoms with Crippen molar-refractivity contribution in [1.82, 2.24) is 9.62 Å². The molecule has 1 aliphatic rings. The SMILES string of the molecule is N#CCCNS(=O)(=O)c1ccc(C(=O)N2CCN(c3ccccc3Cl)CC2)cc1. The van der Waals surface area contributed by atoms with Gasteiger partial charge in [-0.25, -0.2) is 13.1 Å². The minimum Gasteiger partial charge on any atom is -0.367 e. The Hall–Kier alpha value is -2.60. The van der Waals surface area contributed by atoms with E-state index in [1.54, 1.807) is 4.90 Å². The molecule has 1 N–H and O–H groups in total. The maximum Gasteiger partial charge on any atom is 0.253 e. The fourth-order valence-electron chi connectivity index (χ4n) is 3.14. The van der Waals surface area contributed by atoms with E-state index in [1.807, 2.05) is 30.3 Å². The second-order valence-corrected chi connectivity index (χ2v) is 8.74. The summed E-state index contributed by atoms with van der Waals surface area (Å²) in [5.41, 5.74) is 1.40. The number of nitrogens with zero attached hydrogens (tertiary/aromatic N) is 3. The number of sulfonamides is 1. The van der Waals surface area contributed by atoms with Crippen molar-refractivity contribution in [2.75, 3.05) is 37.6 Å². The Bertz CT molecular complexity index is 1010. The zero-order valence-electron chi connectivity index (χ0n) is 15.7. The quantitative estimate of drug-likeness (QED) is 0.708. The van der Waals surface area contributed by atoms with Crippen molar-refractivity contribution in [3.05, 3.63) is 59.1 Å². The minimum absolute atomic E-state index is 0.0508. The summed E-state index contributed by atoms with van der Waals surface area (Å²) in [6.07, 6.45) is 0.0932. The van der Waals surface area contributed by atoms with Crippen LogP contribution in [-0.2, 0) is 10.0 Å². The fraction of sp³-hybridized carbons (Fsp3) is 0.300. The molecule has 1 aliphatic heterocycles. The fourth-order valence-corrected chi connectivity index (χ4v) is 4.43. The molecule has 2 aromatic rings. The first-order valence-electron chi connectivity index (χ1n) is 9.18. The van der Waals surface area contributed by atoms with Gasteiger partial charge in [-0.1, -0.05) is 23.7 Å². The van der Waals surface area contributed by atoms with E-state index in [2.05, 4.69) is 9.62 Å². The predicted octanol–water partition coefficient (Wildman–Crippen LogP) is 2.49. The number of nitriles is 1. The molecule has 29 heavy (non-hydrogen) atoms. The summed E-state index contributed by atoms with van der Waals surface area (Å²) in [6, 6.07) is 15.3. The van der Waals surface area contributed by atoms with Crippen LogP contribution in [0.4, 0.5) is 5.69 Å². The molecular weight excluding hydrogens is 412 g/mol. The Morgan fingerprint density at radius 1 is 1.07 bits per heavy atom. The van der Waals surface area contributed by atoms with Crippen molar-refractivity contribution in [2.45, 2.75) is 11.3 Å². The highest BCUT2D eigenvalue weighted by atomic mass is 35.5. The lowest BCUT2D eigenvalue weighted by molar-refractivity contribution is 0.0746. The molecule has 1 amide bonds. The van der Waals surface area contributed by atoms with E-state index in [4.69, 9.17) is 16.9 Å². The summed E-state index contributed by atoms with van der Waals surface area (Å²) >= 11 is 6.25. The first kappa shape index (κ1) is 21.1. The van der Waals surface area contributed by atoms with E-state index in [0.29, 0.717) is 36.8 Å². The van der Waals surface area contributed by atoms with E-state index in [1.165, 1.54) is 24.3 Å². The number of halogens is 1. The summed E-state index contributed by atoms with van der Waals surface area (Å²) < 4.78 is 26.7. The van der Waals surface area contributed by atoms with Crippen molar-refractivity contribution >= 4 is 33.2 Å². The molecule has 0 saturated carbocycles. The highest BCUT2D eigenvalue weighted by molar-refractivity contribution is 7.89. The first-order valence-corrected chi connectivity index (χ1v) is 11.0. The highest BCUT2D eigenvalue weighted by Gasteiger charge is 2.23. The molecule has 3 rings (SSSR count). The molecule has 0 aromatic heterocycles. The van der Waals surface area contributed by atoms with Crippen LogP contribution in [0.5, 0.6) is 0 Å². The number of carbonyl (C=O) groups excluding carboxylic acids is 1. The molecule has 7 nitrogen and oxygen atoms in total. The molecule has 0 atom stereocenters. The van der Waals surface area contributed by atoms with Gasteiger partial charge in [0.15, 0.2) is 0 Å². The lowest BCUT2D eigenvalue weighted by Gasteiger charge is -2.36. The molecule has 0 spiro atoms. The van der Waals surface area contributed by atoms with Gasteiger partial charge in [0.1, 0.15) is 0 Å². The molecule has 0 radical (unpaired) electrons. The maximum absolute atomic E-state index is 12.8. The van der Waals surface area contributed by atoms with Crippen LogP contribution in [0.15, 0.2) is 53.4 Å². The predicted molar refractivity (Wildman–Crippen MR) is 111 cm³/mol. The van der Waals surface area contributed by atoms with Gasteiger partial charge in [-0.15, -0.1) is 0 Å². The standard InChI is InChI=1S/C20H21ClN4O3S/c21-18-4-1-2-5-19(18)24-12-14-25(15-13-24)20(26)16-6-8-17(9-7-16)29(27,28)23-11-3-10-22/h1-2,4-9,23H,3,11-15H2. The first-order chi connectivity index (χ1) is 13.9. The van der Waals surface area contributed by atoms with Crippen molar-refractivity contribution < 1.29 is 13.2 Å². The number of nitrogens with one attached hydrogen (secondary N) is 1. The number of anilines is 1. The second kappa shape index (κ2) is 9.27. The average molecular weight is 433 g/mol. The van der Waals surface area contributed by atoms with Crippen molar-refractivity contribution in [3.63, 3.8) is 0 Å². The van der Waals surface area contributed by atoms with Gasteiger partial charge in [-0.3, -0.25) is 4.79 Å². The summed E-state index contributed by atoms with van der Waals surface area (Å²) in [5.74, 6) is -0.134. The minimum atomic E-state index is -3.69. The lowest BCUT2D eigenvalue weighted by atomic mass is 10.1. The molecule has 0 aliphatic carbocycles. The number of para-hydroxylation sites is 1. The second-order valence-electron chi connectivity index (χ2n) is 6.56. The molecule has 1 fully saturated rings. The monoisotopic (exact) mass is 432 g/mol. The van der Waals surface area contributed by atoms with E-state index in [-0.39, 0.29) is 23.8 Å². The number of carbonyl (C=O) groups is 1. The Kier molecular flexibility index (Phi) is 6.75. The Balaban J connectivity index is 1.62. The van der Waals surface area contributed by atoms with Crippen LogP contribution < -0.4 is 9.62 Å². The van der Waals surface area contributed by atoms with Crippen LogP contribution >= 0.6 is 11.6 Å². The topological polar surface area (TPSA) is 93.5 Å². The number of hydrogen-bond acceptors (Lipinski definition) is 5. The van der Waals surface area contributed by atoms with Crippen LogP contribution in [0.25, 0.3) is 0 Å². The Morgan fingerprint density at radius 3 is 2.34 bits per heavy atom. The zero-order valence-corrected chi connectivity index (χ0v) is 17.3. The third-order valence-corrected chi connectivity index (χ3v) is 6.50. The number of piperazine rings is 1. The summed E-state index contributed by atoms with van der Waals surface area (Å²) in [7, 11) is -3.69. The van der Waals surface area contributed by atoms with E-state index in [0.717, 1.165) is 5.69 Å². The average Bonchev–Trinajstić information content (AvgIpc) is 2.74. The van der Waals surface area contributed by atoms with Crippen molar-refractivity contribution in [3.8, 4) is 6.07 Å². The number of rotatable bonds is 6. The Morgan fingerprint density at radius 2 is 1.72 bits per heavy atom. The van der Waals surface area contributed by atoms with Crippen LogP contribution in [-0.4, -0.2) is 51.9 Å². The van der Waals surface area contributed by atoms with Gasteiger partial charge in [0.2, 0.25) is 10.0 Å². The summed E-state index contributed by atoms with van der Waals surface area (Å²) in [5, 5.41) is 9.20. The van der Waals surface area contributed by atoms with Gasteiger partial charge < -0.3 is 9.80 Å². The smallest absolute Gasteiger partial charge is 0.253 e. The number of amides is 1. The van der Waals surface area contributed by atoms with Gasteiger partial charge in [0.05, 0.1) is 21.7 Å². The van der Waals surface area contributed by atoms with Gasteiger partial charge in [0, 0.05) is 44.7 Å². The van der Waals surface area contributed by atoms with Crippen LogP contribution in [0.2, 0.25) is 5.02 Å². The van der Waals surface area contributed by atoms with Crippen LogP contribution in [0.3, 0.4) is 0 Å². The largest absolute Gasteiger partial charge is 0.367 e. The number of hydrogen-bond donors (Lipinski definition) is 1. The maximum atomic E-state index is 12.8. The summed E-state index contributed by atoms with van der Waals surface area (Å²) in [4.78, 5) is 16.7. The summed E-state index contributed by atoms with van der Waals surface area (Å²) in [6.45, 7) is 2.50. The Labute approximate surface area is 175 Å². The number of benzene rings is 2. The van der Waals surface area contributed by atoms with E-state index in [9.17, 15) is 13.2 Å². The van der Waals surface area contributed by atoms with Crippen molar-refractivity contribution in [2.24, 2.45) is 0 Å². The normalized spacial score (nSPS) is 14.5. The van der Waals surface area contributed by atoms with Gasteiger partial charge in [-0.2, -0.15) is 5.26 Å². The molecule has 152 valence electrons. The molecule has 1 saturated heterocycles. The van der Waals surface area contributed by atoms with Gasteiger partial charge >= 0.3 is 0 Å². The van der Waals surface area contributed by atoms with Gasteiger partial charge in [-0.05, 0) is 36.4 Å². The van der Waals surface area contributed by atoms with Crippen LogP contribution in [0, 0.1) is 11.3 Å². The van der Waals surface area contributed by atoms with Crippen molar-refractivity contribution in [1.29, 1.82) is 5.26 Å².